The number of amides is 1. The minimum atomic E-state index is -0.152. The number of para-hydroxylation sites is 1. The number of nitrogens with one attached hydrogen (secondary N) is 1. The van der Waals surface area contributed by atoms with Crippen LogP contribution in [0.3, 0.4) is 0 Å². The third-order valence-electron chi connectivity index (χ3n) is 4.31. The van der Waals surface area contributed by atoms with Crippen molar-refractivity contribution < 1.29 is 9.53 Å². The summed E-state index contributed by atoms with van der Waals surface area (Å²) in [6.45, 7) is 2.49. The molecule has 4 rings (SSSR count). The normalized spacial score (nSPS) is 10.8. The zero-order chi connectivity index (χ0) is 19.3. The van der Waals surface area contributed by atoms with E-state index < -0.39 is 0 Å². The molecule has 1 aromatic heterocycles. The number of hydrogen-bond donors (Lipinski definition) is 1. The quantitative estimate of drug-likeness (QED) is 0.472. The molecule has 0 spiro atoms. The average molecular weight is 388 g/mol. The van der Waals surface area contributed by atoms with E-state index in [0.717, 1.165) is 28.2 Å². The van der Waals surface area contributed by atoms with Crippen molar-refractivity contribution in [1.82, 2.24) is 4.98 Å². The second-order valence-electron chi connectivity index (χ2n) is 6.36. The number of fused-ring (bicyclic) bond motifs is 1. The van der Waals surface area contributed by atoms with Crippen molar-refractivity contribution in [1.29, 1.82) is 0 Å². The molecule has 0 fully saturated rings. The topological polar surface area (TPSA) is 51.2 Å². The van der Waals surface area contributed by atoms with Gasteiger partial charge in [-0.1, -0.05) is 30.3 Å². The smallest absolute Gasteiger partial charge is 0.255 e. The van der Waals surface area contributed by atoms with Crippen LogP contribution in [0.25, 0.3) is 10.2 Å². The number of nitrogens with zero attached hydrogens (tertiary/aromatic N) is 1. The molecule has 0 aliphatic carbocycles. The van der Waals surface area contributed by atoms with Gasteiger partial charge in [0.25, 0.3) is 5.91 Å². The van der Waals surface area contributed by atoms with Crippen molar-refractivity contribution in [2.45, 2.75) is 13.3 Å². The fourth-order valence-corrected chi connectivity index (χ4v) is 3.97. The van der Waals surface area contributed by atoms with Crippen molar-refractivity contribution in [3.63, 3.8) is 0 Å². The Hall–Kier alpha value is -3.18. The van der Waals surface area contributed by atoms with Crippen LogP contribution in [0.5, 0.6) is 5.75 Å². The van der Waals surface area contributed by atoms with E-state index in [-0.39, 0.29) is 5.91 Å². The average Bonchev–Trinajstić information content (AvgIpc) is 3.12. The molecule has 0 radical (unpaired) electrons. The fourth-order valence-electron chi connectivity index (χ4n) is 2.97. The Morgan fingerprint density at radius 3 is 2.64 bits per heavy atom. The lowest BCUT2D eigenvalue weighted by Crippen LogP contribution is -2.12. The van der Waals surface area contributed by atoms with E-state index in [1.807, 2.05) is 61.5 Å². The lowest BCUT2D eigenvalue weighted by atomic mass is 10.1. The molecule has 0 aliphatic rings. The molecule has 4 aromatic rings. The number of carbonyl (C=O) groups excluding carboxylic acids is 1. The van der Waals surface area contributed by atoms with Gasteiger partial charge in [0.15, 0.2) is 0 Å². The zero-order valence-corrected chi connectivity index (χ0v) is 16.3. The zero-order valence-electron chi connectivity index (χ0n) is 15.5. The summed E-state index contributed by atoms with van der Waals surface area (Å²) in [6, 6.07) is 23.3. The maximum Gasteiger partial charge on any atom is 0.255 e. The molecule has 0 unspecified atom stereocenters. The van der Waals surface area contributed by atoms with E-state index in [2.05, 4.69) is 16.4 Å². The van der Waals surface area contributed by atoms with E-state index in [1.54, 1.807) is 23.5 Å². The number of ether oxygens (including phenoxy) is 1. The van der Waals surface area contributed by atoms with E-state index in [1.165, 1.54) is 4.70 Å². The van der Waals surface area contributed by atoms with Crippen molar-refractivity contribution in [3.05, 3.63) is 88.9 Å². The fraction of sp³-hybridized carbons (Fsp3) is 0.130. The van der Waals surface area contributed by atoms with Gasteiger partial charge in [-0.2, -0.15) is 0 Å². The van der Waals surface area contributed by atoms with Crippen LogP contribution in [0.1, 0.15) is 27.9 Å². The van der Waals surface area contributed by atoms with Crippen LogP contribution in [-0.4, -0.2) is 17.5 Å². The SMILES string of the molecule is CCOc1cccc(C(=O)Nc2ccc(Cc3nc4ccccc4s3)cc2)c1. The molecular formula is C23H20N2O2S. The largest absolute Gasteiger partial charge is 0.494 e. The van der Waals surface area contributed by atoms with Gasteiger partial charge in [-0.15, -0.1) is 11.3 Å². The number of anilines is 1. The molecule has 4 nitrogen and oxygen atoms in total. The van der Waals surface area contributed by atoms with Gasteiger partial charge in [0.1, 0.15) is 5.75 Å². The van der Waals surface area contributed by atoms with Gasteiger partial charge in [0, 0.05) is 17.7 Å². The van der Waals surface area contributed by atoms with Crippen LogP contribution < -0.4 is 10.1 Å². The highest BCUT2D eigenvalue weighted by atomic mass is 32.1. The van der Waals surface area contributed by atoms with Crippen molar-refractivity contribution in [2.75, 3.05) is 11.9 Å². The van der Waals surface area contributed by atoms with Crippen molar-refractivity contribution >= 4 is 33.1 Å². The van der Waals surface area contributed by atoms with Crippen molar-refractivity contribution in [3.8, 4) is 5.75 Å². The molecule has 5 heteroatoms. The Morgan fingerprint density at radius 2 is 1.86 bits per heavy atom. The second-order valence-corrected chi connectivity index (χ2v) is 7.48. The van der Waals surface area contributed by atoms with Crippen molar-refractivity contribution in [2.24, 2.45) is 0 Å². The molecule has 1 heterocycles. The van der Waals surface area contributed by atoms with E-state index in [9.17, 15) is 4.79 Å². The van der Waals surface area contributed by atoms with Gasteiger partial charge in [0.2, 0.25) is 0 Å². The van der Waals surface area contributed by atoms with Crippen LogP contribution in [-0.2, 0) is 6.42 Å². The molecule has 140 valence electrons. The minimum absolute atomic E-state index is 0.152. The molecule has 0 aliphatic heterocycles. The van der Waals surface area contributed by atoms with E-state index >= 15 is 0 Å². The second kappa shape index (κ2) is 8.23. The van der Waals surface area contributed by atoms with Crippen LogP contribution >= 0.6 is 11.3 Å². The first-order valence-electron chi connectivity index (χ1n) is 9.19. The number of thiazole rings is 1. The predicted molar refractivity (Wildman–Crippen MR) is 114 cm³/mol. The number of hydrogen-bond acceptors (Lipinski definition) is 4. The number of carbonyl (C=O) groups is 1. The summed E-state index contributed by atoms with van der Waals surface area (Å²) in [4.78, 5) is 17.1. The van der Waals surface area contributed by atoms with Gasteiger partial charge in [-0.25, -0.2) is 4.98 Å². The lowest BCUT2D eigenvalue weighted by molar-refractivity contribution is 0.102. The number of rotatable bonds is 6. The first-order valence-corrected chi connectivity index (χ1v) is 10.0. The molecule has 0 saturated carbocycles. The summed E-state index contributed by atoms with van der Waals surface area (Å²) >= 11 is 1.72. The van der Waals surface area contributed by atoms with E-state index in [4.69, 9.17) is 4.74 Å². The summed E-state index contributed by atoms with van der Waals surface area (Å²) in [5.41, 5.74) is 3.54. The van der Waals surface area contributed by atoms with Gasteiger partial charge >= 0.3 is 0 Å². The van der Waals surface area contributed by atoms with E-state index in [0.29, 0.717) is 17.9 Å². The summed E-state index contributed by atoms with van der Waals surface area (Å²) in [7, 11) is 0. The summed E-state index contributed by atoms with van der Waals surface area (Å²) in [5, 5.41) is 4.02. The van der Waals surface area contributed by atoms with Crippen LogP contribution in [0.2, 0.25) is 0 Å². The highest BCUT2D eigenvalue weighted by molar-refractivity contribution is 7.18. The molecule has 1 N–H and O–H groups in total. The first-order chi connectivity index (χ1) is 13.7. The molecule has 1 amide bonds. The molecule has 0 saturated heterocycles. The molecule has 3 aromatic carbocycles. The molecule has 0 bridgehead atoms. The minimum Gasteiger partial charge on any atom is -0.494 e. The monoisotopic (exact) mass is 388 g/mol. The molecule has 28 heavy (non-hydrogen) atoms. The van der Waals surface area contributed by atoms with Gasteiger partial charge in [-0.05, 0) is 55.0 Å². The van der Waals surface area contributed by atoms with Gasteiger partial charge < -0.3 is 10.1 Å². The van der Waals surface area contributed by atoms with Crippen LogP contribution in [0.15, 0.2) is 72.8 Å². The number of benzene rings is 3. The third kappa shape index (κ3) is 4.21. The first kappa shape index (κ1) is 18.2. The standard InChI is InChI=1S/C23H20N2O2S/c1-2-27-19-7-5-6-17(15-19)23(26)24-18-12-10-16(11-13-18)14-22-25-20-8-3-4-9-21(20)28-22/h3-13,15H,2,14H2,1H3,(H,24,26). The lowest BCUT2D eigenvalue weighted by Gasteiger charge is -2.08. The van der Waals surface area contributed by atoms with Crippen LogP contribution in [0.4, 0.5) is 5.69 Å². The maximum atomic E-state index is 12.5. The third-order valence-corrected chi connectivity index (χ3v) is 5.35. The highest BCUT2D eigenvalue weighted by Crippen LogP contribution is 2.24. The Labute approximate surface area is 167 Å². The summed E-state index contributed by atoms with van der Waals surface area (Å²) in [5.74, 6) is 0.543. The Bertz CT molecular complexity index is 1070. The Balaban J connectivity index is 1.42. The van der Waals surface area contributed by atoms with Crippen LogP contribution in [0, 0.1) is 0 Å². The summed E-state index contributed by atoms with van der Waals surface area (Å²) < 4.78 is 6.66. The maximum absolute atomic E-state index is 12.5. The van der Waals surface area contributed by atoms with Gasteiger partial charge in [0.05, 0.1) is 21.8 Å². The predicted octanol–water partition coefficient (Wildman–Crippen LogP) is 5.54. The Morgan fingerprint density at radius 1 is 1.04 bits per heavy atom. The Kier molecular flexibility index (Phi) is 5.35. The molecule has 0 atom stereocenters. The highest BCUT2D eigenvalue weighted by Gasteiger charge is 2.08. The summed E-state index contributed by atoms with van der Waals surface area (Å²) in [6.07, 6.45) is 0.782. The number of aromatic nitrogens is 1. The van der Waals surface area contributed by atoms with Gasteiger partial charge in [-0.3, -0.25) is 4.79 Å². The molecular weight excluding hydrogens is 368 g/mol.